The van der Waals surface area contributed by atoms with Gasteiger partial charge >= 0.3 is 0 Å². The van der Waals surface area contributed by atoms with Gasteiger partial charge in [-0.15, -0.1) is 0 Å². The lowest BCUT2D eigenvalue weighted by Crippen LogP contribution is -2.16. The average Bonchev–Trinajstić information content (AvgIpc) is 2.59. The quantitative estimate of drug-likeness (QED) is 0.895. The molecule has 0 radical (unpaired) electrons. The second-order valence-corrected chi connectivity index (χ2v) is 4.81. The van der Waals surface area contributed by atoms with Gasteiger partial charge in [0.25, 0.3) is 5.91 Å². The largest absolute Gasteiger partial charge is 0.394 e. The van der Waals surface area contributed by atoms with E-state index >= 15 is 0 Å². The van der Waals surface area contributed by atoms with Gasteiger partial charge in [-0.1, -0.05) is 29.3 Å². The maximum Gasteiger partial charge on any atom is 0.258 e. The highest BCUT2D eigenvalue weighted by molar-refractivity contribution is 6.44. The van der Waals surface area contributed by atoms with Crippen molar-refractivity contribution in [2.24, 2.45) is 7.05 Å². The summed E-state index contributed by atoms with van der Waals surface area (Å²) in [6.07, 6.45) is 0. The molecule has 3 N–H and O–H groups in total. The average molecular weight is 299 g/mol. The number of hydrogen-bond donors (Lipinski definition) is 2. The van der Waals surface area contributed by atoms with E-state index in [2.05, 4.69) is 10.4 Å². The first kappa shape index (κ1) is 13.7. The summed E-state index contributed by atoms with van der Waals surface area (Å²) in [6.45, 7) is 1.76. The van der Waals surface area contributed by atoms with E-state index in [1.54, 1.807) is 32.2 Å². The molecule has 0 atom stereocenters. The second kappa shape index (κ2) is 5.11. The minimum absolute atomic E-state index is 0.208. The van der Waals surface area contributed by atoms with Crippen LogP contribution in [0.15, 0.2) is 18.2 Å². The number of amides is 1. The minimum Gasteiger partial charge on any atom is -0.394 e. The molecule has 5 nitrogen and oxygen atoms in total. The molecule has 0 saturated carbocycles. The van der Waals surface area contributed by atoms with Crippen molar-refractivity contribution in [2.45, 2.75) is 6.92 Å². The van der Waals surface area contributed by atoms with Crippen molar-refractivity contribution in [3.05, 3.63) is 39.5 Å². The SMILES string of the molecule is Cc1nn(C)c(NC(=O)c2cccc(Cl)c2Cl)c1N. The van der Waals surface area contributed by atoms with Crippen LogP contribution < -0.4 is 11.1 Å². The molecule has 1 aromatic heterocycles. The number of aromatic nitrogens is 2. The summed E-state index contributed by atoms with van der Waals surface area (Å²) in [7, 11) is 1.69. The van der Waals surface area contributed by atoms with Gasteiger partial charge in [0.15, 0.2) is 5.82 Å². The van der Waals surface area contributed by atoms with Crippen LogP contribution in [-0.4, -0.2) is 15.7 Å². The predicted molar refractivity (Wildman–Crippen MR) is 76.8 cm³/mol. The van der Waals surface area contributed by atoms with E-state index in [-0.39, 0.29) is 16.5 Å². The van der Waals surface area contributed by atoms with Crippen LogP contribution in [0.1, 0.15) is 16.1 Å². The zero-order valence-corrected chi connectivity index (χ0v) is 11.9. The van der Waals surface area contributed by atoms with E-state index < -0.39 is 0 Å². The number of nitrogens with two attached hydrogens (primary N) is 1. The number of halogens is 2. The van der Waals surface area contributed by atoms with Crippen molar-refractivity contribution in [1.29, 1.82) is 0 Å². The molecule has 19 heavy (non-hydrogen) atoms. The highest BCUT2D eigenvalue weighted by atomic mass is 35.5. The molecule has 2 rings (SSSR count). The molecule has 100 valence electrons. The highest BCUT2D eigenvalue weighted by Crippen LogP contribution is 2.27. The fourth-order valence-electron chi connectivity index (χ4n) is 1.68. The molecule has 0 spiro atoms. The van der Waals surface area contributed by atoms with Gasteiger partial charge < -0.3 is 11.1 Å². The number of benzene rings is 1. The monoisotopic (exact) mass is 298 g/mol. The molecule has 7 heteroatoms. The third kappa shape index (κ3) is 2.52. The summed E-state index contributed by atoms with van der Waals surface area (Å²) in [6, 6.07) is 4.85. The van der Waals surface area contributed by atoms with Gasteiger partial charge in [-0.25, -0.2) is 0 Å². The smallest absolute Gasteiger partial charge is 0.258 e. The number of carbonyl (C=O) groups is 1. The van der Waals surface area contributed by atoms with Crippen LogP contribution in [0, 0.1) is 6.92 Å². The summed E-state index contributed by atoms with van der Waals surface area (Å²) in [5.74, 6) is 0.0424. The maximum atomic E-state index is 12.1. The van der Waals surface area contributed by atoms with Crippen LogP contribution >= 0.6 is 23.2 Å². The Balaban J connectivity index is 2.34. The molecule has 0 aliphatic heterocycles. The zero-order chi connectivity index (χ0) is 14.2. The van der Waals surface area contributed by atoms with E-state index in [0.717, 1.165) is 0 Å². The molecule has 0 fully saturated rings. The van der Waals surface area contributed by atoms with Crippen LogP contribution in [0.5, 0.6) is 0 Å². The van der Waals surface area contributed by atoms with Gasteiger partial charge in [0.1, 0.15) is 0 Å². The van der Waals surface area contributed by atoms with E-state index in [1.165, 1.54) is 4.68 Å². The Morgan fingerprint density at radius 2 is 2.11 bits per heavy atom. The standard InChI is InChI=1S/C12H12Cl2N4O/c1-6-10(15)11(18(2)17-6)16-12(19)7-4-3-5-8(13)9(7)14/h3-5H,15H2,1-2H3,(H,16,19). The Morgan fingerprint density at radius 1 is 1.42 bits per heavy atom. The number of nitrogens with zero attached hydrogens (tertiary/aromatic N) is 2. The van der Waals surface area contributed by atoms with Crippen molar-refractivity contribution in [2.75, 3.05) is 11.1 Å². The van der Waals surface area contributed by atoms with Crippen LogP contribution in [0.3, 0.4) is 0 Å². The number of anilines is 2. The fourth-order valence-corrected chi connectivity index (χ4v) is 2.06. The van der Waals surface area contributed by atoms with Crippen LogP contribution in [0.2, 0.25) is 10.0 Å². The first-order chi connectivity index (χ1) is 8.91. The number of hydrogen-bond acceptors (Lipinski definition) is 3. The normalized spacial score (nSPS) is 10.5. The molecule has 0 saturated heterocycles. The van der Waals surface area contributed by atoms with Gasteiger partial charge in [0.05, 0.1) is 27.0 Å². The predicted octanol–water partition coefficient (Wildman–Crippen LogP) is 2.87. The zero-order valence-electron chi connectivity index (χ0n) is 10.4. The summed E-state index contributed by atoms with van der Waals surface area (Å²) in [5, 5.41) is 7.32. The summed E-state index contributed by atoms with van der Waals surface area (Å²) < 4.78 is 1.50. The van der Waals surface area contributed by atoms with Crippen LogP contribution in [0.4, 0.5) is 11.5 Å². The second-order valence-electron chi connectivity index (χ2n) is 4.03. The molecular weight excluding hydrogens is 287 g/mol. The van der Waals surface area contributed by atoms with Crippen molar-refractivity contribution < 1.29 is 4.79 Å². The van der Waals surface area contributed by atoms with Crippen molar-refractivity contribution in [1.82, 2.24) is 9.78 Å². The molecule has 0 aliphatic carbocycles. The Morgan fingerprint density at radius 3 is 2.68 bits per heavy atom. The van der Waals surface area contributed by atoms with E-state index in [9.17, 15) is 4.79 Å². The lowest BCUT2D eigenvalue weighted by Gasteiger charge is -2.08. The topological polar surface area (TPSA) is 72.9 Å². The van der Waals surface area contributed by atoms with E-state index in [1.807, 2.05) is 0 Å². The summed E-state index contributed by atoms with van der Waals surface area (Å²) in [5.41, 5.74) is 7.20. The number of nitrogen functional groups attached to an aromatic ring is 1. The Hall–Kier alpha value is -1.72. The minimum atomic E-state index is -0.387. The maximum absolute atomic E-state index is 12.1. The van der Waals surface area contributed by atoms with Gasteiger partial charge in [0, 0.05) is 7.05 Å². The van der Waals surface area contributed by atoms with Crippen LogP contribution in [0.25, 0.3) is 0 Å². The Kier molecular flexibility index (Phi) is 3.68. The lowest BCUT2D eigenvalue weighted by molar-refractivity contribution is 0.102. The first-order valence-electron chi connectivity index (χ1n) is 5.46. The molecular formula is C12H12Cl2N4O. The molecule has 0 unspecified atom stereocenters. The van der Waals surface area contributed by atoms with Gasteiger partial charge in [-0.2, -0.15) is 5.10 Å². The lowest BCUT2D eigenvalue weighted by atomic mass is 10.2. The molecule has 1 amide bonds. The first-order valence-corrected chi connectivity index (χ1v) is 6.22. The summed E-state index contributed by atoms with van der Waals surface area (Å²) >= 11 is 11.9. The van der Waals surface area contributed by atoms with E-state index in [4.69, 9.17) is 28.9 Å². The van der Waals surface area contributed by atoms with Crippen molar-refractivity contribution in [3.63, 3.8) is 0 Å². The Bertz CT molecular complexity index is 651. The molecule has 1 aromatic carbocycles. The molecule has 1 heterocycles. The third-order valence-corrected chi connectivity index (χ3v) is 3.52. The third-order valence-electron chi connectivity index (χ3n) is 2.70. The number of aryl methyl sites for hydroxylation is 2. The van der Waals surface area contributed by atoms with Gasteiger partial charge in [0.2, 0.25) is 0 Å². The fraction of sp³-hybridized carbons (Fsp3) is 0.167. The molecule has 0 bridgehead atoms. The highest BCUT2D eigenvalue weighted by Gasteiger charge is 2.17. The van der Waals surface area contributed by atoms with Gasteiger partial charge in [-0.3, -0.25) is 9.48 Å². The van der Waals surface area contributed by atoms with Crippen molar-refractivity contribution >= 4 is 40.6 Å². The molecule has 0 aliphatic rings. The number of rotatable bonds is 2. The Labute approximate surface area is 120 Å². The van der Waals surface area contributed by atoms with Crippen molar-refractivity contribution in [3.8, 4) is 0 Å². The van der Waals surface area contributed by atoms with E-state index in [0.29, 0.717) is 22.2 Å². The molecule has 2 aromatic rings. The van der Waals surface area contributed by atoms with Gasteiger partial charge in [-0.05, 0) is 19.1 Å². The number of carbonyl (C=O) groups excluding carboxylic acids is 1. The number of nitrogens with one attached hydrogen (secondary N) is 1. The van der Waals surface area contributed by atoms with Crippen LogP contribution in [-0.2, 0) is 7.05 Å². The summed E-state index contributed by atoms with van der Waals surface area (Å²) in [4.78, 5) is 12.1.